The Labute approximate surface area is 141 Å². The Bertz CT molecular complexity index is 507. The molecule has 1 aromatic rings. The second kappa shape index (κ2) is 9.89. The Morgan fingerprint density at radius 3 is 2.70 bits per heavy atom. The van der Waals surface area contributed by atoms with Crippen LogP contribution in [0.15, 0.2) is 24.3 Å². The molecule has 0 aliphatic heterocycles. The van der Waals surface area contributed by atoms with Gasteiger partial charge in [-0.05, 0) is 54.4 Å². The second-order valence-corrected chi connectivity index (χ2v) is 6.92. The molecule has 2 rings (SSSR count). The molecule has 0 amide bonds. The number of aliphatic hydroxyl groups excluding tert-OH is 1. The molecular formula is C21H33NO. The Balaban J connectivity index is 1.88. The number of aliphatic hydroxyl groups is 1. The lowest BCUT2D eigenvalue weighted by atomic mass is 9.86. The van der Waals surface area contributed by atoms with Crippen LogP contribution < -0.4 is 5.73 Å². The number of fused-ring (bicyclic) bond motifs is 1. The van der Waals surface area contributed by atoms with Crippen LogP contribution in [0.3, 0.4) is 0 Å². The first kappa shape index (κ1) is 18.2. The Hall–Kier alpha value is -1.12. The summed E-state index contributed by atoms with van der Waals surface area (Å²) in [7, 11) is 0. The van der Waals surface area contributed by atoms with Crippen LogP contribution in [0, 0.1) is 0 Å². The summed E-state index contributed by atoms with van der Waals surface area (Å²) in [6, 6.07) is 6.82. The Kier molecular flexibility index (Phi) is 7.84. The van der Waals surface area contributed by atoms with E-state index < -0.39 is 0 Å². The molecule has 23 heavy (non-hydrogen) atoms. The monoisotopic (exact) mass is 315 g/mol. The molecule has 1 unspecified atom stereocenters. The minimum Gasteiger partial charge on any atom is -0.395 e. The number of unbranched alkanes of at least 4 members (excludes halogenated alkanes) is 5. The van der Waals surface area contributed by atoms with Crippen LogP contribution in [0.5, 0.6) is 0 Å². The zero-order chi connectivity index (χ0) is 16.5. The molecule has 0 saturated heterocycles. The highest BCUT2D eigenvalue weighted by atomic mass is 16.3. The molecule has 2 nitrogen and oxygen atoms in total. The van der Waals surface area contributed by atoms with Crippen molar-refractivity contribution in [1.29, 1.82) is 0 Å². The number of benzene rings is 1. The Morgan fingerprint density at radius 2 is 1.91 bits per heavy atom. The van der Waals surface area contributed by atoms with E-state index in [2.05, 4.69) is 31.2 Å². The molecule has 0 saturated carbocycles. The van der Waals surface area contributed by atoms with Crippen LogP contribution in [0.25, 0.3) is 5.57 Å². The molecule has 0 bridgehead atoms. The molecule has 1 atom stereocenters. The molecule has 0 heterocycles. The summed E-state index contributed by atoms with van der Waals surface area (Å²) in [5.74, 6) is 0. The Morgan fingerprint density at radius 1 is 1.13 bits per heavy atom. The predicted molar refractivity (Wildman–Crippen MR) is 99.5 cm³/mol. The molecule has 0 radical (unpaired) electrons. The van der Waals surface area contributed by atoms with Gasteiger partial charge in [0.15, 0.2) is 0 Å². The lowest BCUT2D eigenvalue weighted by Crippen LogP contribution is -2.25. The van der Waals surface area contributed by atoms with Gasteiger partial charge in [-0.25, -0.2) is 0 Å². The molecule has 0 fully saturated rings. The predicted octanol–water partition coefficient (Wildman–Crippen LogP) is 4.63. The first-order valence-corrected chi connectivity index (χ1v) is 9.42. The van der Waals surface area contributed by atoms with E-state index in [4.69, 9.17) is 5.73 Å². The van der Waals surface area contributed by atoms with Crippen molar-refractivity contribution < 1.29 is 5.11 Å². The molecule has 1 aliphatic carbocycles. The van der Waals surface area contributed by atoms with Crippen molar-refractivity contribution in [3.05, 3.63) is 41.0 Å². The standard InChI is InChI=1S/C21H33NO/c1-2-3-4-5-6-7-9-17-12-13-21-18(14-17)10-8-11-19(21)15-20(22)16-23/h11-14,20,23H,2-10,15-16,22H2,1H3. The van der Waals surface area contributed by atoms with E-state index in [0.717, 1.165) is 19.3 Å². The summed E-state index contributed by atoms with van der Waals surface area (Å²) in [5, 5.41) is 9.18. The zero-order valence-electron chi connectivity index (χ0n) is 14.7. The number of rotatable bonds is 10. The number of nitrogens with two attached hydrogens (primary N) is 1. The van der Waals surface area contributed by atoms with Crippen LogP contribution >= 0.6 is 0 Å². The molecule has 1 aliphatic rings. The fourth-order valence-corrected chi connectivity index (χ4v) is 3.48. The third kappa shape index (κ3) is 5.78. The van der Waals surface area contributed by atoms with Gasteiger partial charge in [0, 0.05) is 6.04 Å². The van der Waals surface area contributed by atoms with E-state index in [1.807, 2.05) is 0 Å². The van der Waals surface area contributed by atoms with E-state index in [9.17, 15) is 5.11 Å². The van der Waals surface area contributed by atoms with E-state index >= 15 is 0 Å². The maximum Gasteiger partial charge on any atom is 0.0585 e. The van der Waals surface area contributed by atoms with Crippen molar-refractivity contribution in [2.45, 2.75) is 77.2 Å². The summed E-state index contributed by atoms with van der Waals surface area (Å²) in [6.45, 7) is 2.33. The van der Waals surface area contributed by atoms with Gasteiger partial charge in [0.05, 0.1) is 6.61 Å². The average Bonchev–Trinajstić information content (AvgIpc) is 2.58. The van der Waals surface area contributed by atoms with Gasteiger partial charge in [-0.3, -0.25) is 0 Å². The summed E-state index contributed by atoms with van der Waals surface area (Å²) in [6.07, 6.45) is 14.6. The van der Waals surface area contributed by atoms with Gasteiger partial charge in [0.1, 0.15) is 0 Å². The minimum atomic E-state index is -0.144. The van der Waals surface area contributed by atoms with Gasteiger partial charge < -0.3 is 10.8 Å². The molecule has 128 valence electrons. The quantitative estimate of drug-likeness (QED) is 0.618. The van der Waals surface area contributed by atoms with E-state index in [1.165, 1.54) is 67.2 Å². The number of aryl methyl sites for hydroxylation is 2. The molecule has 2 heteroatoms. The fraction of sp³-hybridized carbons (Fsp3) is 0.619. The second-order valence-electron chi connectivity index (χ2n) is 6.92. The van der Waals surface area contributed by atoms with Crippen LogP contribution in [0.2, 0.25) is 0 Å². The van der Waals surface area contributed by atoms with Gasteiger partial charge in [-0.1, -0.05) is 63.3 Å². The lowest BCUT2D eigenvalue weighted by Gasteiger charge is -2.21. The van der Waals surface area contributed by atoms with Crippen LogP contribution in [-0.2, 0) is 12.8 Å². The lowest BCUT2D eigenvalue weighted by molar-refractivity contribution is 0.267. The molecule has 1 aromatic carbocycles. The number of allylic oxidation sites excluding steroid dienone is 1. The maximum absolute atomic E-state index is 9.18. The summed E-state index contributed by atoms with van der Waals surface area (Å²) >= 11 is 0. The first-order chi connectivity index (χ1) is 11.2. The molecule has 3 N–H and O–H groups in total. The maximum atomic E-state index is 9.18. The van der Waals surface area contributed by atoms with Gasteiger partial charge in [0.25, 0.3) is 0 Å². The van der Waals surface area contributed by atoms with Crippen LogP contribution in [-0.4, -0.2) is 17.8 Å². The molecular weight excluding hydrogens is 282 g/mol. The van der Waals surface area contributed by atoms with Crippen molar-refractivity contribution in [1.82, 2.24) is 0 Å². The normalized spacial score (nSPS) is 15.2. The van der Waals surface area contributed by atoms with Crippen molar-refractivity contribution >= 4 is 5.57 Å². The van der Waals surface area contributed by atoms with Crippen molar-refractivity contribution in [2.24, 2.45) is 5.73 Å². The smallest absolute Gasteiger partial charge is 0.0585 e. The van der Waals surface area contributed by atoms with Gasteiger partial charge in [0.2, 0.25) is 0 Å². The SMILES string of the molecule is CCCCCCCCc1ccc2c(c1)CCC=C2CC(N)CO. The van der Waals surface area contributed by atoms with E-state index in [1.54, 1.807) is 0 Å². The average molecular weight is 316 g/mol. The van der Waals surface area contributed by atoms with E-state index in [0.29, 0.717) is 0 Å². The first-order valence-electron chi connectivity index (χ1n) is 9.42. The highest BCUT2D eigenvalue weighted by Crippen LogP contribution is 2.30. The topological polar surface area (TPSA) is 46.2 Å². The summed E-state index contributed by atoms with van der Waals surface area (Å²) in [4.78, 5) is 0. The zero-order valence-corrected chi connectivity index (χ0v) is 14.7. The van der Waals surface area contributed by atoms with Gasteiger partial charge >= 0.3 is 0 Å². The highest BCUT2D eigenvalue weighted by Gasteiger charge is 2.15. The fourth-order valence-electron chi connectivity index (χ4n) is 3.48. The third-order valence-electron chi connectivity index (χ3n) is 4.86. The summed E-state index contributed by atoms with van der Waals surface area (Å²) < 4.78 is 0. The largest absolute Gasteiger partial charge is 0.395 e. The third-order valence-corrected chi connectivity index (χ3v) is 4.86. The number of hydrogen-bond donors (Lipinski definition) is 2. The molecule has 0 spiro atoms. The van der Waals surface area contributed by atoms with Crippen LogP contribution in [0.4, 0.5) is 0 Å². The summed E-state index contributed by atoms with van der Waals surface area (Å²) in [5.41, 5.74) is 11.5. The van der Waals surface area contributed by atoms with Crippen molar-refractivity contribution in [3.8, 4) is 0 Å². The highest BCUT2D eigenvalue weighted by molar-refractivity contribution is 5.70. The van der Waals surface area contributed by atoms with Crippen molar-refractivity contribution in [3.63, 3.8) is 0 Å². The van der Waals surface area contributed by atoms with E-state index in [-0.39, 0.29) is 12.6 Å². The van der Waals surface area contributed by atoms with Gasteiger partial charge in [-0.2, -0.15) is 0 Å². The van der Waals surface area contributed by atoms with Crippen molar-refractivity contribution in [2.75, 3.05) is 6.61 Å². The number of hydrogen-bond acceptors (Lipinski definition) is 2. The molecule has 0 aromatic heterocycles. The minimum absolute atomic E-state index is 0.0583. The van der Waals surface area contributed by atoms with Crippen LogP contribution in [0.1, 0.15) is 75.0 Å². The van der Waals surface area contributed by atoms with Gasteiger partial charge in [-0.15, -0.1) is 0 Å².